The minimum absolute atomic E-state index is 0.0579. The lowest BCUT2D eigenvalue weighted by atomic mass is 9.88. The minimum atomic E-state index is -1.14. The monoisotopic (exact) mass is 418 g/mol. The molecule has 1 fully saturated rings. The lowest BCUT2D eigenvalue weighted by Gasteiger charge is -2.17. The molecule has 2 N–H and O–H groups in total. The molecule has 29 heavy (non-hydrogen) atoms. The highest BCUT2D eigenvalue weighted by atomic mass is 32.1. The van der Waals surface area contributed by atoms with Crippen LogP contribution in [0.1, 0.15) is 55.9 Å². The zero-order chi connectivity index (χ0) is 20.8. The summed E-state index contributed by atoms with van der Waals surface area (Å²) in [5.74, 6) is -1.74. The predicted octanol–water partition coefficient (Wildman–Crippen LogP) is 5.46. The van der Waals surface area contributed by atoms with Gasteiger partial charge in [-0.25, -0.2) is 4.39 Å². The molecule has 2 aromatic rings. The third-order valence-corrected chi connectivity index (χ3v) is 6.80. The fraction of sp³-hybridized carbons (Fsp3) is 0.478. The number of allylic oxidation sites excluding steroid dienone is 1. The van der Waals surface area contributed by atoms with Gasteiger partial charge in [0.15, 0.2) is 0 Å². The van der Waals surface area contributed by atoms with Crippen LogP contribution in [0, 0.1) is 11.8 Å². The van der Waals surface area contributed by atoms with Crippen LogP contribution in [-0.2, 0) is 9.59 Å². The number of hydrogen-bond acceptors (Lipinski definition) is 4. The fourth-order valence-electron chi connectivity index (χ4n) is 4.03. The molecule has 1 aromatic heterocycles. The van der Waals surface area contributed by atoms with Crippen LogP contribution >= 0.6 is 11.3 Å². The van der Waals surface area contributed by atoms with Gasteiger partial charge in [0.05, 0.1) is 0 Å². The number of benzene rings is 1. The average Bonchev–Trinajstić information content (AvgIpc) is 3.23. The first-order valence-electron chi connectivity index (χ1n) is 10.2. The Kier molecular flexibility index (Phi) is 7.56. The minimum Gasteiger partial charge on any atom is -0.481 e. The van der Waals surface area contributed by atoms with Gasteiger partial charge in [0, 0.05) is 34.3 Å². The summed E-state index contributed by atoms with van der Waals surface area (Å²) in [6.45, 7) is 0. The Morgan fingerprint density at radius 3 is 2.76 bits per heavy atom. The number of unbranched alkanes of at least 4 members (excludes halogenated alkanes) is 3. The van der Waals surface area contributed by atoms with Crippen molar-refractivity contribution >= 4 is 33.2 Å². The van der Waals surface area contributed by atoms with E-state index in [4.69, 9.17) is 5.11 Å². The van der Waals surface area contributed by atoms with Crippen molar-refractivity contribution in [2.45, 2.75) is 57.2 Å². The quantitative estimate of drug-likeness (QED) is 0.397. The molecule has 0 saturated heterocycles. The van der Waals surface area contributed by atoms with E-state index in [1.165, 1.54) is 11.3 Å². The molecule has 1 saturated carbocycles. The second-order valence-corrected chi connectivity index (χ2v) is 8.85. The van der Waals surface area contributed by atoms with Crippen molar-refractivity contribution in [3.63, 3.8) is 0 Å². The summed E-state index contributed by atoms with van der Waals surface area (Å²) in [6.07, 6.45) is 5.11. The molecular formula is C23H27FO4S. The molecule has 1 aliphatic rings. The fourth-order valence-corrected chi connectivity index (χ4v) is 5.06. The molecule has 0 spiro atoms. The standard InChI is InChI=1S/C23H27FO4S/c24-18-14-20(26)17(16(18)8-3-1-2-4-10-23(27)28)11-12-19(25)22-13-15-7-5-6-9-21(15)29-22/h5-7,9,11-13,16-19,25H,1-4,8,10,14H2,(H,27,28)/t16-,17-,18+,19-/m1/s1. The number of thiophene rings is 1. The van der Waals surface area contributed by atoms with Crippen molar-refractivity contribution in [2.75, 3.05) is 0 Å². The number of carbonyl (C=O) groups excluding carboxylic acids is 1. The summed E-state index contributed by atoms with van der Waals surface area (Å²) >= 11 is 1.51. The number of carboxylic acids is 1. The van der Waals surface area contributed by atoms with Crippen molar-refractivity contribution in [3.05, 3.63) is 47.4 Å². The van der Waals surface area contributed by atoms with Gasteiger partial charge in [0.2, 0.25) is 0 Å². The summed E-state index contributed by atoms with van der Waals surface area (Å²) in [6, 6.07) is 9.84. The number of rotatable bonds is 10. The first-order chi connectivity index (χ1) is 14.0. The van der Waals surface area contributed by atoms with Gasteiger partial charge in [-0.05, 0) is 30.4 Å². The third kappa shape index (κ3) is 5.73. The highest BCUT2D eigenvalue weighted by molar-refractivity contribution is 7.19. The van der Waals surface area contributed by atoms with Gasteiger partial charge in [0.1, 0.15) is 18.1 Å². The number of hydrogen-bond donors (Lipinski definition) is 2. The van der Waals surface area contributed by atoms with Gasteiger partial charge < -0.3 is 10.2 Å². The molecule has 0 aliphatic heterocycles. The topological polar surface area (TPSA) is 74.6 Å². The summed E-state index contributed by atoms with van der Waals surface area (Å²) in [7, 11) is 0. The molecule has 0 amide bonds. The number of carboxylic acid groups (broad SMARTS) is 1. The van der Waals surface area contributed by atoms with E-state index in [-0.39, 0.29) is 24.5 Å². The average molecular weight is 419 g/mol. The number of fused-ring (bicyclic) bond motifs is 1. The van der Waals surface area contributed by atoms with Gasteiger partial charge in [-0.3, -0.25) is 9.59 Å². The van der Waals surface area contributed by atoms with Crippen molar-refractivity contribution in [1.29, 1.82) is 0 Å². The summed E-state index contributed by atoms with van der Waals surface area (Å²) in [5.41, 5.74) is 0. The van der Waals surface area contributed by atoms with Crippen molar-refractivity contribution in [1.82, 2.24) is 0 Å². The predicted molar refractivity (Wildman–Crippen MR) is 113 cm³/mol. The van der Waals surface area contributed by atoms with Crippen molar-refractivity contribution in [2.24, 2.45) is 11.8 Å². The van der Waals surface area contributed by atoms with E-state index >= 15 is 0 Å². The molecule has 0 unspecified atom stereocenters. The number of carbonyl (C=O) groups is 2. The molecule has 4 atom stereocenters. The van der Waals surface area contributed by atoms with E-state index in [9.17, 15) is 19.1 Å². The number of halogens is 1. The zero-order valence-electron chi connectivity index (χ0n) is 16.3. The van der Waals surface area contributed by atoms with E-state index in [0.717, 1.165) is 34.2 Å². The molecule has 1 aliphatic carbocycles. The number of alkyl halides is 1. The van der Waals surface area contributed by atoms with Crippen molar-refractivity contribution in [3.8, 4) is 0 Å². The van der Waals surface area contributed by atoms with Crippen LogP contribution in [0.25, 0.3) is 10.1 Å². The smallest absolute Gasteiger partial charge is 0.303 e. The maximum atomic E-state index is 14.4. The van der Waals surface area contributed by atoms with E-state index < -0.39 is 24.2 Å². The number of Topliss-reactive ketones (excluding diaryl/α,β-unsaturated/α-hetero) is 1. The maximum absolute atomic E-state index is 14.4. The summed E-state index contributed by atoms with van der Waals surface area (Å²) in [5, 5.41) is 20.2. The normalized spacial score (nSPS) is 23.2. The Labute approximate surface area is 174 Å². The Morgan fingerprint density at radius 2 is 2.00 bits per heavy atom. The largest absolute Gasteiger partial charge is 0.481 e. The molecule has 6 heteroatoms. The van der Waals surface area contributed by atoms with E-state index in [2.05, 4.69) is 0 Å². The Bertz CT molecular complexity index is 842. The second-order valence-electron chi connectivity index (χ2n) is 7.74. The van der Waals surface area contributed by atoms with Crippen LogP contribution in [0.15, 0.2) is 42.5 Å². The molecule has 4 nitrogen and oxygen atoms in total. The zero-order valence-corrected chi connectivity index (χ0v) is 17.1. The molecule has 156 valence electrons. The number of ketones is 1. The Balaban J connectivity index is 1.56. The lowest BCUT2D eigenvalue weighted by Crippen LogP contribution is -2.17. The maximum Gasteiger partial charge on any atom is 0.303 e. The van der Waals surface area contributed by atoms with Gasteiger partial charge in [0.25, 0.3) is 0 Å². The SMILES string of the molecule is O=C(O)CCCCCC[C@H]1[C@@H](F)CC(=O)[C@@H]1C=C[C@@H](O)c1cc2ccccc2s1. The molecule has 0 bridgehead atoms. The lowest BCUT2D eigenvalue weighted by molar-refractivity contribution is -0.137. The highest BCUT2D eigenvalue weighted by Gasteiger charge is 2.40. The first kappa shape index (κ1) is 21.7. The summed E-state index contributed by atoms with van der Waals surface area (Å²) in [4.78, 5) is 23.6. The summed E-state index contributed by atoms with van der Waals surface area (Å²) < 4.78 is 15.5. The second kappa shape index (κ2) is 10.1. The Hall–Kier alpha value is -2.05. The molecular weight excluding hydrogens is 391 g/mol. The van der Waals surface area contributed by atoms with E-state index in [1.54, 1.807) is 12.2 Å². The number of aliphatic hydroxyl groups excluding tert-OH is 1. The number of aliphatic carboxylic acids is 1. The van der Waals surface area contributed by atoms with Gasteiger partial charge >= 0.3 is 5.97 Å². The van der Waals surface area contributed by atoms with E-state index in [1.807, 2.05) is 30.3 Å². The van der Waals surface area contributed by atoms with Crippen LogP contribution in [0.5, 0.6) is 0 Å². The molecule has 0 radical (unpaired) electrons. The van der Waals surface area contributed by atoms with Crippen molar-refractivity contribution < 1.29 is 24.2 Å². The molecule has 1 aromatic carbocycles. The van der Waals surface area contributed by atoms with Crippen LogP contribution in [-0.4, -0.2) is 28.1 Å². The van der Waals surface area contributed by atoms with Crippen LogP contribution in [0.2, 0.25) is 0 Å². The van der Waals surface area contributed by atoms with E-state index in [0.29, 0.717) is 12.8 Å². The van der Waals surface area contributed by atoms with Crippen LogP contribution < -0.4 is 0 Å². The number of aliphatic hydroxyl groups is 1. The Morgan fingerprint density at radius 1 is 1.24 bits per heavy atom. The van der Waals surface area contributed by atoms with Gasteiger partial charge in [-0.15, -0.1) is 11.3 Å². The first-order valence-corrected chi connectivity index (χ1v) is 11.0. The highest BCUT2D eigenvalue weighted by Crippen LogP contribution is 2.37. The molecule has 1 heterocycles. The molecule has 3 rings (SSSR count). The van der Waals surface area contributed by atoms with Crippen LogP contribution in [0.3, 0.4) is 0 Å². The van der Waals surface area contributed by atoms with Crippen LogP contribution in [0.4, 0.5) is 4.39 Å². The third-order valence-electron chi connectivity index (χ3n) is 5.61. The van der Waals surface area contributed by atoms with Gasteiger partial charge in [-0.2, -0.15) is 0 Å². The van der Waals surface area contributed by atoms with Gasteiger partial charge in [-0.1, -0.05) is 49.6 Å².